The van der Waals surface area contributed by atoms with Crippen LogP contribution in [0, 0.1) is 0 Å². The topological polar surface area (TPSA) is 60.4 Å². The Labute approximate surface area is 105 Å². The standard InChI is InChI=1S/C12H15ClN2O2/c1-2-16-7-10(15-14)12-6-8-5-9(13)3-4-11(8)17-12/h3-6,10,15H,2,7,14H2,1H3. The minimum absolute atomic E-state index is 0.152. The lowest BCUT2D eigenvalue weighted by molar-refractivity contribution is 0.117. The molecule has 0 aliphatic rings. The number of benzene rings is 1. The van der Waals surface area contributed by atoms with Gasteiger partial charge in [-0.15, -0.1) is 0 Å². The molecule has 1 heterocycles. The van der Waals surface area contributed by atoms with Crippen LogP contribution in [0.1, 0.15) is 18.7 Å². The molecule has 0 radical (unpaired) electrons. The van der Waals surface area contributed by atoms with Crippen molar-refractivity contribution in [2.24, 2.45) is 5.84 Å². The van der Waals surface area contributed by atoms with Gasteiger partial charge in [-0.1, -0.05) is 11.6 Å². The van der Waals surface area contributed by atoms with E-state index in [4.69, 9.17) is 26.6 Å². The van der Waals surface area contributed by atoms with Gasteiger partial charge in [-0.05, 0) is 31.2 Å². The van der Waals surface area contributed by atoms with Gasteiger partial charge in [0, 0.05) is 17.0 Å². The van der Waals surface area contributed by atoms with Gasteiger partial charge in [0.15, 0.2) is 0 Å². The van der Waals surface area contributed by atoms with Crippen LogP contribution in [0.3, 0.4) is 0 Å². The van der Waals surface area contributed by atoms with Crippen molar-refractivity contribution in [1.82, 2.24) is 5.43 Å². The molecule has 5 heteroatoms. The molecule has 1 atom stereocenters. The van der Waals surface area contributed by atoms with Crippen LogP contribution < -0.4 is 11.3 Å². The summed E-state index contributed by atoms with van der Waals surface area (Å²) in [6, 6.07) is 7.27. The molecule has 1 aromatic carbocycles. The molecule has 2 rings (SSSR count). The molecule has 0 aliphatic heterocycles. The Morgan fingerprint density at radius 1 is 1.47 bits per heavy atom. The normalized spacial score (nSPS) is 13.1. The largest absolute Gasteiger partial charge is 0.459 e. The van der Waals surface area contributed by atoms with Crippen molar-refractivity contribution >= 4 is 22.6 Å². The average molecular weight is 255 g/mol. The number of halogens is 1. The predicted octanol–water partition coefficient (Wildman–Crippen LogP) is 2.63. The van der Waals surface area contributed by atoms with E-state index in [0.29, 0.717) is 18.2 Å². The van der Waals surface area contributed by atoms with Crippen molar-refractivity contribution in [2.75, 3.05) is 13.2 Å². The first kappa shape index (κ1) is 12.4. The Kier molecular flexibility index (Phi) is 4.02. The maximum absolute atomic E-state index is 5.92. The fourth-order valence-corrected chi connectivity index (χ4v) is 1.84. The lowest BCUT2D eigenvalue weighted by Gasteiger charge is -2.12. The highest BCUT2D eigenvalue weighted by Gasteiger charge is 2.15. The van der Waals surface area contributed by atoms with Crippen molar-refractivity contribution in [2.45, 2.75) is 13.0 Å². The SMILES string of the molecule is CCOCC(NN)c1cc2cc(Cl)ccc2o1. The Morgan fingerprint density at radius 2 is 2.29 bits per heavy atom. The molecule has 0 spiro atoms. The fraction of sp³-hybridized carbons (Fsp3) is 0.333. The first-order valence-corrected chi connectivity index (χ1v) is 5.85. The van der Waals surface area contributed by atoms with Crippen molar-refractivity contribution in [3.8, 4) is 0 Å². The van der Waals surface area contributed by atoms with Crippen LogP contribution in [0.5, 0.6) is 0 Å². The van der Waals surface area contributed by atoms with E-state index in [1.165, 1.54) is 0 Å². The zero-order valence-corrected chi connectivity index (χ0v) is 10.3. The molecular weight excluding hydrogens is 240 g/mol. The summed E-state index contributed by atoms with van der Waals surface area (Å²) in [6.45, 7) is 3.05. The van der Waals surface area contributed by atoms with Crippen molar-refractivity contribution in [3.63, 3.8) is 0 Å². The van der Waals surface area contributed by atoms with E-state index >= 15 is 0 Å². The van der Waals surface area contributed by atoms with Gasteiger partial charge < -0.3 is 9.15 Å². The maximum Gasteiger partial charge on any atom is 0.134 e. The second-order valence-electron chi connectivity index (χ2n) is 3.71. The second-order valence-corrected chi connectivity index (χ2v) is 4.15. The molecule has 17 heavy (non-hydrogen) atoms. The van der Waals surface area contributed by atoms with Crippen LogP contribution >= 0.6 is 11.6 Å². The number of nitrogens with one attached hydrogen (secondary N) is 1. The van der Waals surface area contributed by atoms with Crippen LogP contribution in [0.15, 0.2) is 28.7 Å². The third kappa shape index (κ3) is 2.79. The van der Waals surface area contributed by atoms with Gasteiger partial charge in [0.2, 0.25) is 0 Å². The van der Waals surface area contributed by atoms with Crippen molar-refractivity contribution in [1.29, 1.82) is 0 Å². The monoisotopic (exact) mass is 254 g/mol. The fourth-order valence-electron chi connectivity index (χ4n) is 1.65. The molecule has 0 bridgehead atoms. The summed E-state index contributed by atoms with van der Waals surface area (Å²) in [4.78, 5) is 0. The number of ether oxygens (including phenoxy) is 1. The molecule has 2 aromatic rings. The van der Waals surface area contributed by atoms with E-state index in [9.17, 15) is 0 Å². The number of fused-ring (bicyclic) bond motifs is 1. The van der Waals surface area contributed by atoms with Crippen LogP contribution in [-0.4, -0.2) is 13.2 Å². The molecule has 3 N–H and O–H groups in total. The van der Waals surface area contributed by atoms with E-state index in [1.54, 1.807) is 6.07 Å². The average Bonchev–Trinajstić information content (AvgIpc) is 2.72. The van der Waals surface area contributed by atoms with E-state index in [-0.39, 0.29) is 6.04 Å². The number of nitrogens with two attached hydrogens (primary N) is 1. The molecule has 0 aliphatic carbocycles. The van der Waals surface area contributed by atoms with Crippen LogP contribution in [0.4, 0.5) is 0 Å². The third-order valence-corrected chi connectivity index (χ3v) is 2.77. The van der Waals surface area contributed by atoms with Gasteiger partial charge in [0.05, 0.1) is 6.61 Å². The number of hydrazine groups is 1. The Balaban J connectivity index is 2.27. The minimum Gasteiger partial charge on any atom is -0.459 e. The molecule has 0 saturated carbocycles. The summed E-state index contributed by atoms with van der Waals surface area (Å²) in [7, 11) is 0. The first-order valence-electron chi connectivity index (χ1n) is 5.47. The molecule has 0 fully saturated rings. The lowest BCUT2D eigenvalue weighted by atomic mass is 10.2. The predicted molar refractivity (Wildman–Crippen MR) is 67.8 cm³/mol. The Morgan fingerprint density at radius 3 is 3.00 bits per heavy atom. The van der Waals surface area contributed by atoms with Gasteiger partial charge in [-0.3, -0.25) is 5.84 Å². The van der Waals surface area contributed by atoms with Crippen LogP contribution in [-0.2, 0) is 4.74 Å². The maximum atomic E-state index is 5.92. The molecular formula is C12H15ClN2O2. The summed E-state index contributed by atoms with van der Waals surface area (Å²) in [5.74, 6) is 6.23. The van der Waals surface area contributed by atoms with Gasteiger partial charge in [0.1, 0.15) is 17.4 Å². The highest BCUT2D eigenvalue weighted by atomic mass is 35.5. The second kappa shape index (κ2) is 5.51. The zero-order valence-electron chi connectivity index (χ0n) is 9.57. The number of furan rings is 1. The zero-order chi connectivity index (χ0) is 12.3. The van der Waals surface area contributed by atoms with Crippen LogP contribution in [0.2, 0.25) is 5.02 Å². The summed E-state index contributed by atoms with van der Waals surface area (Å²) in [6.07, 6.45) is 0. The molecule has 1 aromatic heterocycles. The molecule has 92 valence electrons. The van der Waals surface area contributed by atoms with E-state index in [1.807, 2.05) is 25.1 Å². The van der Waals surface area contributed by atoms with Gasteiger partial charge >= 0.3 is 0 Å². The minimum atomic E-state index is -0.152. The van der Waals surface area contributed by atoms with E-state index in [2.05, 4.69) is 5.43 Å². The molecule has 1 unspecified atom stereocenters. The lowest BCUT2D eigenvalue weighted by Crippen LogP contribution is -2.31. The Bertz CT molecular complexity index is 498. The highest BCUT2D eigenvalue weighted by molar-refractivity contribution is 6.31. The number of hydrogen-bond acceptors (Lipinski definition) is 4. The first-order chi connectivity index (χ1) is 8.24. The highest BCUT2D eigenvalue weighted by Crippen LogP contribution is 2.26. The summed E-state index contributed by atoms with van der Waals surface area (Å²) in [5.41, 5.74) is 3.47. The van der Waals surface area contributed by atoms with Gasteiger partial charge in [-0.2, -0.15) is 0 Å². The van der Waals surface area contributed by atoms with Crippen LogP contribution in [0.25, 0.3) is 11.0 Å². The Hall–Kier alpha value is -1.07. The molecule has 0 saturated heterocycles. The van der Waals surface area contributed by atoms with Gasteiger partial charge in [0.25, 0.3) is 0 Å². The summed E-state index contributed by atoms with van der Waals surface area (Å²) >= 11 is 5.92. The van der Waals surface area contributed by atoms with E-state index < -0.39 is 0 Å². The van der Waals surface area contributed by atoms with Crippen molar-refractivity contribution in [3.05, 3.63) is 35.0 Å². The van der Waals surface area contributed by atoms with E-state index in [0.717, 1.165) is 16.7 Å². The number of rotatable bonds is 5. The number of hydrogen-bond donors (Lipinski definition) is 2. The van der Waals surface area contributed by atoms with Crippen molar-refractivity contribution < 1.29 is 9.15 Å². The van der Waals surface area contributed by atoms with Gasteiger partial charge in [-0.25, -0.2) is 5.43 Å². The molecule has 0 amide bonds. The third-order valence-electron chi connectivity index (χ3n) is 2.53. The quantitative estimate of drug-likeness (QED) is 0.636. The summed E-state index contributed by atoms with van der Waals surface area (Å²) < 4.78 is 11.0. The molecule has 4 nitrogen and oxygen atoms in total. The smallest absolute Gasteiger partial charge is 0.134 e. The summed E-state index contributed by atoms with van der Waals surface area (Å²) in [5, 5.41) is 1.65.